The fourth-order valence-corrected chi connectivity index (χ4v) is 6.52. The van der Waals surface area contributed by atoms with Gasteiger partial charge in [-0.05, 0) is 47.5 Å². The summed E-state index contributed by atoms with van der Waals surface area (Å²) >= 11 is 1.76. The molecule has 0 amide bonds. The number of hydrogen-bond donors (Lipinski definition) is 0. The molecular weight excluding hydrogens is 474 g/mol. The predicted octanol–water partition coefficient (Wildman–Crippen LogP) is 4.33. The highest BCUT2D eigenvalue weighted by Gasteiger charge is 2.35. The molecule has 1 saturated heterocycles. The Morgan fingerprint density at radius 2 is 1.78 bits per heavy atom. The first-order valence-corrected chi connectivity index (χ1v) is 13.4. The third kappa shape index (κ3) is 4.28. The van der Waals surface area contributed by atoms with E-state index in [-0.39, 0.29) is 6.04 Å². The molecule has 0 spiro atoms. The Bertz CT molecular complexity index is 1290. The average molecular weight is 506 g/mol. The number of rotatable bonds is 7. The topological polar surface area (TPSA) is 81.4 Å². The van der Waals surface area contributed by atoms with Crippen molar-refractivity contribution >= 4 is 26.7 Å². The molecule has 0 bridgehead atoms. The number of para-hydroxylation sites is 1. The smallest absolute Gasteiger partial charge is 0.186 e. The second-order valence-electron chi connectivity index (χ2n) is 9.42. The summed E-state index contributed by atoms with van der Waals surface area (Å²) in [7, 11) is 3.38. The van der Waals surface area contributed by atoms with Crippen LogP contribution in [0.5, 0.6) is 11.5 Å². The molecule has 2 aliphatic rings. The standard InChI is InChI=1S/C26H31N7O2S/c1-34-19-11-12-20(22(17-19)35-2)24(25-28-29-30-33(25)18-7-3-4-8-18)31-13-15-32(16-14-31)26-27-21-9-5-6-10-23(21)36-26/h5-6,9-12,17-18,24H,3-4,7-8,13-16H2,1-2H3. The van der Waals surface area contributed by atoms with E-state index in [1.54, 1.807) is 25.6 Å². The van der Waals surface area contributed by atoms with E-state index in [9.17, 15) is 0 Å². The Morgan fingerprint density at radius 3 is 2.53 bits per heavy atom. The molecule has 1 aliphatic heterocycles. The molecule has 2 aromatic carbocycles. The van der Waals surface area contributed by atoms with Gasteiger partial charge in [0.2, 0.25) is 0 Å². The highest BCUT2D eigenvalue weighted by molar-refractivity contribution is 7.22. The molecule has 1 aliphatic carbocycles. The van der Waals surface area contributed by atoms with Crippen LogP contribution in [0, 0.1) is 0 Å². The zero-order valence-electron chi connectivity index (χ0n) is 20.7. The summed E-state index contributed by atoms with van der Waals surface area (Å²) in [4.78, 5) is 9.75. The van der Waals surface area contributed by atoms with Crippen LogP contribution in [0.1, 0.15) is 49.2 Å². The van der Waals surface area contributed by atoms with E-state index in [1.807, 2.05) is 18.2 Å². The van der Waals surface area contributed by atoms with Crippen molar-refractivity contribution in [3.63, 3.8) is 0 Å². The number of thiazole rings is 1. The minimum absolute atomic E-state index is 0.112. The fraction of sp³-hybridized carbons (Fsp3) is 0.462. The van der Waals surface area contributed by atoms with Crippen molar-refractivity contribution in [1.82, 2.24) is 30.1 Å². The maximum absolute atomic E-state index is 5.84. The first-order chi connectivity index (χ1) is 17.7. The van der Waals surface area contributed by atoms with Gasteiger partial charge >= 0.3 is 0 Å². The van der Waals surface area contributed by atoms with Gasteiger partial charge in [0, 0.05) is 37.8 Å². The van der Waals surface area contributed by atoms with Crippen molar-refractivity contribution in [3.05, 3.63) is 53.9 Å². The van der Waals surface area contributed by atoms with Crippen molar-refractivity contribution in [2.75, 3.05) is 45.3 Å². The number of tetrazole rings is 1. The number of fused-ring (bicyclic) bond motifs is 1. The molecule has 2 aromatic heterocycles. The van der Waals surface area contributed by atoms with Crippen molar-refractivity contribution < 1.29 is 9.47 Å². The van der Waals surface area contributed by atoms with Crippen LogP contribution < -0.4 is 14.4 Å². The van der Waals surface area contributed by atoms with E-state index in [0.29, 0.717) is 6.04 Å². The Kier molecular flexibility index (Phi) is 6.45. The first-order valence-electron chi connectivity index (χ1n) is 12.6. The molecule has 10 heteroatoms. The third-order valence-electron chi connectivity index (χ3n) is 7.40. The summed E-state index contributed by atoms with van der Waals surface area (Å²) in [5, 5.41) is 14.3. The quantitative estimate of drug-likeness (QED) is 0.367. The number of piperazine rings is 1. The number of nitrogens with zero attached hydrogens (tertiary/aromatic N) is 7. The van der Waals surface area contributed by atoms with E-state index in [4.69, 9.17) is 14.5 Å². The number of aromatic nitrogens is 5. The normalized spacial score (nSPS) is 18.1. The van der Waals surface area contributed by atoms with E-state index in [1.165, 1.54) is 17.5 Å². The lowest BCUT2D eigenvalue weighted by atomic mass is 10.0. The van der Waals surface area contributed by atoms with Crippen molar-refractivity contribution in [2.45, 2.75) is 37.8 Å². The van der Waals surface area contributed by atoms with Crippen LogP contribution in [0.3, 0.4) is 0 Å². The summed E-state index contributed by atoms with van der Waals surface area (Å²) in [6.07, 6.45) is 4.69. The van der Waals surface area contributed by atoms with Crippen LogP contribution in [0.15, 0.2) is 42.5 Å². The maximum Gasteiger partial charge on any atom is 0.186 e. The summed E-state index contributed by atoms with van der Waals surface area (Å²) in [6, 6.07) is 14.6. The lowest BCUT2D eigenvalue weighted by molar-refractivity contribution is 0.194. The van der Waals surface area contributed by atoms with Gasteiger partial charge in [-0.25, -0.2) is 9.67 Å². The van der Waals surface area contributed by atoms with E-state index in [2.05, 4.69) is 54.3 Å². The van der Waals surface area contributed by atoms with Crippen LogP contribution in [0.25, 0.3) is 10.2 Å². The summed E-state index contributed by atoms with van der Waals surface area (Å²) in [5.74, 6) is 2.44. The molecule has 0 radical (unpaired) electrons. The highest BCUT2D eigenvalue weighted by atomic mass is 32.1. The Morgan fingerprint density at radius 1 is 0.972 bits per heavy atom. The second kappa shape index (κ2) is 10.0. The molecule has 2 fully saturated rings. The number of anilines is 1. The van der Waals surface area contributed by atoms with Gasteiger partial charge in [-0.15, -0.1) is 5.10 Å². The monoisotopic (exact) mass is 505 g/mol. The molecule has 4 aromatic rings. The Labute approximate surface area is 214 Å². The third-order valence-corrected chi connectivity index (χ3v) is 8.50. The van der Waals surface area contributed by atoms with Gasteiger partial charge in [-0.1, -0.05) is 36.3 Å². The number of benzene rings is 2. The second-order valence-corrected chi connectivity index (χ2v) is 10.4. The summed E-state index contributed by atoms with van der Waals surface area (Å²) < 4.78 is 14.6. The maximum atomic E-state index is 5.84. The number of hydrogen-bond acceptors (Lipinski definition) is 9. The Hall–Kier alpha value is -3.24. The van der Waals surface area contributed by atoms with Crippen LogP contribution >= 0.6 is 11.3 Å². The number of methoxy groups -OCH3 is 2. The van der Waals surface area contributed by atoms with Gasteiger partial charge in [0.1, 0.15) is 17.5 Å². The summed E-state index contributed by atoms with van der Waals surface area (Å²) in [6.45, 7) is 3.51. The molecule has 0 N–H and O–H groups in total. The molecule has 1 saturated carbocycles. The lowest BCUT2D eigenvalue weighted by Gasteiger charge is -2.39. The molecular formula is C26H31N7O2S. The zero-order valence-corrected chi connectivity index (χ0v) is 21.5. The first kappa shape index (κ1) is 23.2. The van der Waals surface area contributed by atoms with E-state index < -0.39 is 0 Å². The zero-order chi connectivity index (χ0) is 24.5. The average Bonchev–Trinajstić information content (AvgIpc) is 3.70. The van der Waals surface area contributed by atoms with Gasteiger partial charge in [-0.3, -0.25) is 4.90 Å². The van der Waals surface area contributed by atoms with E-state index >= 15 is 0 Å². The molecule has 36 heavy (non-hydrogen) atoms. The Balaban J connectivity index is 1.32. The van der Waals surface area contributed by atoms with Gasteiger partial charge < -0.3 is 14.4 Å². The minimum Gasteiger partial charge on any atom is -0.497 e. The van der Waals surface area contributed by atoms with Gasteiger partial charge in [0.15, 0.2) is 11.0 Å². The molecule has 3 heterocycles. The highest BCUT2D eigenvalue weighted by Crippen LogP contribution is 2.39. The molecule has 1 unspecified atom stereocenters. The molecule has 1 atom stereocenters. The molecule has 188 valence electrons. The van der Waals surface area contributed by atoms with Crippen molar-refractivity contribution in [1.29, 1.82) is 0 Å². The van der Waals surface area contributed by atoms with Gasteiger partial charge in [-0.2, -0.15) is 0 Å². The van der Waals surface area contributed by atoms with Crippen LogP contribution in [0.2, 0.25) is 0 Å². The van der Waals surface area contributed by atoms with Gasteiger partial charge in [0.25, 0.3) is 0 Å². The van der Waals surface area contributed by atoms with Gasteiger partial charge in [0.05, 0.1) is 30.5 Å². The minimum atomic E-state index is -0.112. The van der Waals surface area contributed by atoms with Crippen LogP contribution in [0.4, 0.5) is 5.13 Å². The summed E-state index contributed by atoms with van der Waals surface area (Å²) in [5.41, 5.74) is 2.12. The lowest BCUT2D eigenvalue weighted by Crippen LogP contribution is -2.48. The predicted molar refractivity (Wildman–Crippen MR) is 140 cm³/mol. The SMILES string of the molecule is COc1ccc(C(c2nnnn2C2CCCC2)N2CCN(c3nc4ccccc4s3)CC2)c(OC)c1. The van der Waals surface area contributed by atoms with E-state index in [0.717, 1.165) is 72.6 Å². The van der Waals surface area contributed by atoms with Crippen molar-refractivity contribution in [3.8, 4) is 11.5 Å². The fourth-order valence-electron chi connectivity index (χ4n) is 5.50. The molecule has 9 nitrogen and oxygen atoms in total. The number of ether oxygens (including phenoxy) is 2. The van der Waals surface area contributed by atoms with Crippen molar-refractivity contribution in [2.24, 2.45) is 0 Å². The van der Waals surface area contributed by atoms with Crippen LogP contribution in [-0.4, -0.2) is 70.5 Å². The molecule has 6 rings (SSSR count). The van der Waals surface area contributed by atoms with Crippen LogP contribution in [-0.2, 0) is 0 Å². The largest absolute Gasteiger partial charge is 0.497 e.